The summed E-state index contributed by atoms with van der Waals surface area (Å²) < 4.78 is 40.3. The minimum atomic E-state index is -4.46. The van der Waals surface area contributed by atoms with Gasteiger partial charge in [0, 0.05) is 6.20 Å². The van der Waals surface area contributed by atoms with E-state index >= 15 is 0 Å². The van der Waals surface area contributed by atoms with Crippen molar-refractivity contribution in [3.63, 3.8) is 0 Å². The van der Waals surface area contributed by atoms with Crippen LogP contribution in [0.15, 0.2) is 20.3 Å². The van der Waals surface area contributed by atoms with Crippen LogP contribution in [-0.4, -0.2) is 22.3 Å². The third-order valence-electron chi connectivity index (χ3n) is 1.46. The first-order valence-corrected chi connectivity index (χ1v) is 4.72. The maximum atomic E-state index is 11.7. The summed E-state index contributed by atoms with van der Waals surface area (Å²) >= 11 is 2.83. The minimum Gasteiger partial charge on any atom is -0.351 e. The van der Waals surface area contributed by atoms with Crippen molar-refractivity contribution in [2.24, 2.45) is 0 Å². The molecule has 5 nitrogen and oxygen atoms in total. The Morgan fingerprint density at radius 1 is 1.44 bits per heavy atom. The lowest BCUT2D eigenvalue weighted by Gasteiger charge is -2.08. The maximum absolute atomic E-state index is 11.7. The minimum absolute atomic E-state index is 0.0303. The van der Waals surface area contributed by atoms with Gasteiger partial charge in [0.15, 0.2) is 0 Å². The van der Waals surface area contributed by atoms with Crippen molar-refractivity contribution in [1.82, 2.24) is 9.55 Å². The Morgan fingerprint density at radius 3 is 2.62 bits per heavy atom. The lowest BCUT2D eigenvalue weighted by Crippen LogP contribution is -2.31. The molecule has 0 unspecified atom stereocenters. The van der Waals surface area contributed by atoms with Gasteiger partial charge < -0.3 is 4.74 Å². The molecule has 1 aromatic heterocycles. The highest BCUT2D eigenvalue weighted by atomic mass is 79.9. The van der Waals surface area contributed by atoms with Gasteiger partial charge in [-0.05, 0) is 15.9 Å². The first kappa shape index (κ1) is 13.0. The summed E-state index contributed by atoms with van der Waals surface area (Å²) in [6.07, 6.45) is -3.40. The van der Waals surface area contributed by atoms with Crippen LogP contribution >= 0.6 is 15.9 Å². The van der Waals surface area contributed by atoms with Gasteiger partial charge in [0.1, 0.15) is 13.3 Å². The van der Waals surface area contributed by atoms with Crippen LogP contribution in [0.1, 0.15) is 0 Å². The monoisotopic (exact) mass is 302 g/mol. The number of aromatic nitrogens is 2. The molecule has 0 aliphatic heterocycles. The summed E-state index contributed by atoms with van der Waals surface area (Å²) in [5, 5.41) is 0. The van der Waals surface area contributed by atoms with Crippen molar-refractivity contribution in [3.8, 4) is 0 Å². The molecule has 0 aliphatic rings. The van der Waals surface area contributed by atoms with Crippen LogP contribution < -0.4 is 11.2 Å². The second-order valence-electron chi connectivity index (χ2n) is 2.80. The second kappa shape index (κ2) is 4.83. The van der Waals surface area contributed by atoms with Crippen molar-refractivity contribution in [1.29, 1.82) is 0 Å². The van der Waals surface area contributed by atoms with E-state index in [1.54, 1.807) is 0 Å². The highest BCUT2D eigenvalue weighted by Crippen LogP contribution is 2.14. The fourth-order valence-corrected chi connectivity index (χ4v) is 1.18. The van der Waals surface area contributed by atoms with Crippen LogP contribution in [0, 0.1) is 0 Å². The van der Waals surface area contributed by atoms with Crippen molar-refractivity contribution in [2.75, 3.05) is 6.61 Å². The largest absolute Gasteiger partial charge is 0.411 e. The van der Waals surface area contributed by atoms with Crippen LogP contribution in [0.25, 0.3) is 0 Å². The van der Waals surface area contributed by atoms with E-state index in [-0.39, 0.29) is 4.47 Å². The number of halogens is 4. The molecular weight excluding hydrogens is 297 g/mol. The quantitative estimate of drug-likeness (QED) is 0.900. The molecule has 0 atom stereocenters. The average molecular weight is 303 g/mol. The summed E-state index contributed by atoms with van der Waals surface area (Å²) in [6.45, 7) is -2.05. The Kier molecular flexibility index (Phi) is 3.92. The molecule has 16 heavy (non-hydrogen) atoms. The molecule has 0 fully saturated rings. The fraction of sp³-hybridized carbons (Fsp3) is 0.429. The molecule has 0 amide bonds. The molecule has 1 heterocycles. The number of rotatable bonds is 3. The van der Waals surface area contributed by atoms with Crippen LogP contribution in [-0.2, 0) is 11.5 Å². The van der Waals surface area contributed by atoms with E-state index in [2.05, 4.69) is 20.7 Å². The zero-order valence-electron chi connectivity index (χ0n) is 7.68. The SMILES string of the molecule is O=c1[nH]c(=O)n(COCC(F)(F)F)cc1Br. The van der Waals surface area contributed by atoms with Gasteiger partial charge in [0.25, 0.3) is 5.56 Å². The molecule has 0 radical (unpaired) electrons. The molecule has 1 aromatic rings. The van der Waals surface area contributed by atoms with E-state index in [4.69, 9.17) is 0 Å². The molecule has 9 heteroatoms. The van der Waals surface area contributed by atoms with Gasteiger partial charge in [-0.3, -0.25) is 14.3 Å². The summed E-state index contributed by atoms with van der Waals surface area (Å²) in [5.74, 6) is 0. The van der Waals surface area contributed by atoms with E-state index in [0.717, 1.165) is 10.8 Å². The zero-order chi connectivity index (χ0) is 12.3. The predicted molar refractivity (Wildman–Crippen MR) is 51.0 cm³/mol. The first-order valence-electron chi connectivity index (χ1n) is 3.93. The maximum Gasteiger partial charge on any atom is 0.411 e. The van der Waals surface area contributed by atoms with Crippen LogP contribution in [0.4, 0.5) is 13.2 Å². The van der Waals surface area contributed by atoms with Crippen LogP contribution in [0.3, 0.4) is 0 Å². The molecule has 1 N–H and O–H groups in total. The van der Waals surface area contributed by atoms with Gasteiger partial charge in [-0.25, -0.2) is 4.79 Å². The molecule has 0 bridgehead atoms. The van der Waals surface area contributed by atoms with E-state index in [1.165, 1.54) is 0 Å². The second-order valence-corrected chi connectivity index (χ2v) is 3.65. The number of aromatic amines is 1. The highest BCUT2D eigenvalue weighted by molar-refractivity contribution is 9.10. The fourth-order valence-electron chi connectivity index (χ4n) is 0.838. The number of nitrogens with one attached hydrogen (secondary N) is 1. The topological polar surface area (TPSA) is 64.1 Å². The average Bonchev–Trinajstić information content (AvgIpc) is 2.11. The van der Waals surface area contributed by atoms with Gasteiger partial charge in [0.2, 0.25) is 0 Å². The molecular formula is C7H6BrF3N2O3. The zero-order valence-corrected chi connectivity index (χ0v) is 9.26. The molecule has 1 rings (SSSR count). The van der Waals surface area contributed by atoms with Crippen molar-refractivity contribution >= 4 is 15.9 Å². The van der Waals surface area contributed by atoms with Crippen LogP contribution in [0.5, 0.6) is 0 Å². The number of alkyl halides is 3. The summed E-state index contributed by atoms with van der Waals surface area (Å²) in [5.41, 5.74) is -1.49. The summed E-state index contributed by atoms with van der Waals surface area (Å²) in [4.78, 5) is 23.9. The Morgan fingerprint density at radius 2 is 2.06 bits per heavy atom. The first-order chi connectivity index (χ1) is 7.29. The highest BCUT2D eigenvalue weighted by Gasteiger charge is 2.27. The number of hydrogen-bond acceptors (Lipinski definition) is 3. The lowest BCUT2D eigenvalue weighted by molar-refractivity contribution is -0.182. The molecule has 90 valence electrons. The number of ether oxygens (including phenoxy) is 1. The molecule has 0 saturated heterocycles. The van der Waals surface area contributed by atoms with Crippen molar-refractivity contribution in [3.05, 3.63) is 31.5 Å². The van der Waals surface area contributed by atoms with E-state index < -0.39 is 30.8 Å². The van der Waals surface area contributed by atoms with E-state index in [9.17, 15) is 22.8 Å². The molecule has 0 aliphatic carbocycles. The van der Waals surface area contributed by atoms with Gasteiger partial charge in [0.05, 0.1) is 4.47 Å². The number of nitrogens with zero attached hydrogens (tertiary/aromatic N) is 1. The molecule has 0 spiro atoms. The predicted octanol–water partition coefficient (Wildman–Crippen LogP) is 0.835. The third-order valence-corrected chi connectivity index (χ3v) is 2.03. The smallest absolute Gasteiger partial charge is 0.351 e. The van der Waals surface area contributed by atoms with Gasteiger partial charge in [-0.15, -0.1) is 0 Å². The Labute approximate surface area is 95.0 Å². The Hall–Kier alpha value is -1.09. The molecule has 0 saturated carbocycles. The summed E-state index contributed by atoms with van der Waals surface area (Å²) in [6, 6.07) is 0. The Bertz CT molecular complexity index is 479. The van der Waals surface area contributed by atoms with E-state index in [1.807, 2.05) is 4.98 Å². The van der Waals surface area contributed by atoms with Crippen LogP contribution in [0.2, 0.25) is 0 Å². The number of H-pyrrole nitrogens is 1. The Balaban J connectivity index is 2.72. The molecule has 0 aromatic carbocycles. The third kappa shape index (κ3) is 3.81. The van der Waals surface area contributed by atoms with Gasteiger partial charge in [-0.2, -0.15) is 13.2 Å². The van der Waals surface area contributed by atoms with Gasteiger partial charge >= 0.3 is 11.9 Å². The normalized spacial score (nSPS) is 11.8. The van der Waals surface area contributed by atoms with E-state index in [0.29, 0.717) is 0 Å². The van der Waals surface area contributed by atoms with Crippen molar-refractivity contribution < 1.29 is 17.9 Å². The van der Waals surface area contributed by atoms with Gasteiger partial charge in [-0.1, -0.05) is 0 Å². The summed E-state index contributed by atoms with van der Waals surface area (Å²) in [7, 11) is 0. The van der Waals surface area contributed by atoms with Crippen molar-refractivity contribution in [2.45, 2.75) is 12.9 Å². The lowest BCUT2D eigenvalue weighted by atomic mass is 10.6. The standard InChI is InChI=1S/C7H6BrF3N2O3/c8-4-1-13(6(15)12-5(4)14)3-16-2-7(9,10)11/h1H,2-3H2,(H,12,14,15). The number of hydrogen-bond donors (Lipinski definition) is 1.